The Labute approximate surface area is 91.3 Å². The van der Waals surface area contributed by atoms with Gasteiger partial charge in [0.2, 0.25) is 0 Å². The van der Waals surface area contributed by atoms with Crippen LogP contribution in [0.4, 0.5) is 5.82 Å². The van der Waals surface area contributed by atoms with E-state index in [4.69, 9.17) is 0 Å². The first-order valence-electron chi connectivity index (χ1n) is 5.89. The summed E-state index contributed by atoms with van der Waals surface area (Å²) in [5, 5.41) is 3.33. The SMILES string of the molecule is CCCNc1cc(C)nc(C2CCC2)n1. The van der Waals surface area contributed by atoms with E-state index in [1.54, 1.807) is 0 Å². The Morgan fingerprint density at radius 3 is 2.80 bits per heavy atom. The lowest BCUT2D eigenvalue weighted by atomic mass is 9.85. The van der Waals surface area contributed by atoms with Crippen LogP contribution >= 0.6 is 0 Å². The Hall–Kier alpha value is -1.12. The molecular weight excluding hydrogens is 186 g/mol. The molecule has 1 saturated carbocycles. The van der Waals surface area contributed by atoms with E-state index in [0.29, 0.717) is 5.92 Å². The first kappa shape index (κ1) is 10.4. The standard InChI is InChI=1S/C12H19N3/c1-3-7-13-11-8-9(2)14-12(15-11)10-5-4-6-10/h8,10H,3-7H2,1-2H3,(H,13,14,15). The van der Waals surface area contributed by atoms with Crippen LogP contribution in [0.3, 0.4) is 0 Å². The van der Waals surface area contributed by atoms with Crippen molar-refractivity contribution in [3.8, 4) is 0 Å². The molecule has 0 unspecified atom stereocenters. The summed E-state index contributed by atoms with van der Waals surface area (Å²) in [5.74, 6) is 2.65. The number of hydrogen-bond donors (Lipinski definition) is 1. The van der Waals surface area contributed by atoms with Gasteiger partial charge in [-0.05, 0) is 26.2 Å². The van der Waals surface area contributed by atoms with E-state index in [2.05, 4.69) is 22.2 Å². The molecule has 3 nitrogen and oxygen atoms in total. The molecule has 0 aromatic carbocycles. The van der Waals surface area contributed by atoms with Crippen molar-refractivity contribution in [2.75, 3.05) is 11.9 Å². The second-order valence-electron chi connectivity index (χ2n) is 4.31. The predicted octanol–water partition coefficient (Wildman–Crippen LogP) is 2.87. The zero-order valence-corrected chi connectivity index (χ0v) is 9.58. The summed E-state index contributed by atoms with van der Waals surface area (Å²) in [6.07, 6.45) is 4.98. The third-order valence-electron chi connectivity index (χ3n) is 2.90. The van der Waals surface area contributed by atoms with Gasteiger partial charge in [0.05, 0.1) is 0 Å². The molecule has 2 rings (SSSR count). The van der Waals surface area contributed by atoms with Gasteiger partial charge in [-0.3, -0.25) is 0 Å². The van der Waals surface area contributed by atoms with Gasteiger partial charge in [0.1, 0.15) is 11.6 Å². The maximum Gasteiger partial charge on any atom is 0.134 e. The van der Waals surface area contributed by atoms with Crippen molar-refractivity contribution in [1.29, 1.82) is 0 Å². The lowest BCUT2D eigenvalue weighted by Gasteiger charge is -2.24. The molecule has 1 aromatic rings. The van der Waals surface area contributed by atoms with Gasteiger partial charge in [0.15, 0.2) is 0 Å². The largest absolute Gasteiger partial charge is 0.370 e. The number of nitrogens with one attached hydrogen (secondary N) is 1. The van der Waals surface area contributed by atoms with E-state index < -0.39 is 0 Å². The molecule has 1 N–H and O–H groups in total. The summed E-state index contributed by atoms with van der Waals surface area (Å²) in [5.41, 5.74) is 1.07. The highest BCUT2D eigenvalue weighted by molar-refractivity contribution is 5.36. The van der Waals surface area contributed by atoms with E-state index in [-0.39, 0.29) is 0 Å². The van der Waals surface area contributed by atoms with Crippen LogP contribution in [-0.2, 0) is 0 Å². The van der Waals surface area contributed by atoms with Crippen molar-refractivity contribution in [3.63, 3.8) is 0 Å². The zero-order valence-electron chi connectivity index (χ0n) is 9.58. The molecule has 0 amide bonds. The summed E-state index contributed by atoms with van der Waals surface area (Å²) in [7, 11) is 0. The fourth-order valence-electron chi connectivity index (χ4n) is 1.78. The lowest BCUT2D eigenvalue weighted by molar-refractivity contribution is 0.401. The average Bonchev–Trinajstić information content (AvgIpc) is 2.11. The van der Waals surface area contributed by atoms with E-state index >= 15 is 0 Å². The summed E-state index contributed by atoms with van der Waals surface area (Å²) >= 11 is 0. The highest BCUT2D eigenvalue weighted by Crippen LogP contribution is 2.34. The second kappa shape index (κ2) is 4.60. The van der Waals surface area contributed by atoms with Crippen LogP contribution in [0.5, 0.6) is 0 Å². The van der Waals surface area contributed by atoms with Gasteiger partial charge < -0.3 is 5.32 Å². The van der Waals surface area contributed by atoms with Crippen LogP contribution in [0.15, 0.2) is 6.07 Å². The molecule has 3 heteroatoms. The Balaban J connectivity index is 2.12. The molecule has 1 aliphatic carbocycles. The number of aryl methyl sites for hydroxylation is 1. The molecule has 1 aromatic heterocycles. The highest BCUT2D eigenvalue weighted by Gasteiger charge is 2.22. The monoisotopic (exact) mass is 205 g/mol. The van der Waals surface area contributed by atoms with Gasteiger partial charge in [-0.2, -0.15) is 0 Å². The number of hydrogen-bond acceptors (Lipinski definition) is 3. The van der Waals surface area contributed by atoms with E-state index in [0.717, 1.165) is 30.3 Å². The molecule has 1 heterocycles. The van der Waals surface area contributed by atoms with Crippen molar-refractivity contribution in [2.24, 2.45) is 0 Å². The first-order chi connectivity index (χ1) is 7.29. The molecule has 1 fully saturated rings. The third-order valence-corrected chi connectivity index (χ3v) is 2.90. The summed E-state index contributed by atoms with van der Waals surface area (Å²) in [6.45, 7) is 5.19. The van der Waals surface area contributed by atoms with Crippen molar-refractivity contribution in [3.05, 3.63) is 17.6 Å². The summed E-state index contributed by atoms with van der Waals surface area (Å²) in [4.78, 5) is 9.08. The third kappa shape index (κ3) is 2.46. The number of aromatic nitrogens is 2. The zero-order chi connectivity index (χ0) is 10.7. The quantitative estimate of drug-likeness (QED) is 0.821. The van der Waals surface area contributed by atoms with Crippen molar-refractivity contribution >= 4 is 5.82 Å². The topological polar surface area (TPSA) is 37.8 Å². The molecule has 0 bridgehead atoms. The second-order valence-corrected chi connectivity index (χ2v) is 4.31. The molecule has 1 aliphatic rings. The lowest BCUT2D eigenvalue weighted by Crippen LogP contribution is -2.14. The van der Waals surface area contributed by atoms with Crippen LogP contribution in [0.2, 0.25) is 0 Å². The molecular formula is C12H19N3. The van der Waals surface area contributed by atoms with Gasteiger partial charge in [-0.1, -0.05) is 13.3 Å². The van der Waals surface area contributed by atoms with Crippen molar-refractivity contribution in [1.82, 2.24) is 9.97 Å². The Morgan fingerprint density at radius 2 is 2.20 bits per heavy atom. The van der Waals surface area contributed by atoms with Gasteiger partial charge in [0.25, 0.3) is 0 Å². The van der Waals surface area contributed by atoms with Crippen LogP contribution < -0.4 is 5.32 Å². The minimum Gasteiger partial charge on any atom is -0.370 e. The predicted molar refractivity (Wildman–Crippen MR) is 62.1 cm³/mol. The number of anilines is 1. The van der Waals surface area contributed by atoms with E-state index in [1.807, 2.05) is 13.0 Å². The average molecular weight is 205 g/mol. The van der Waals surface area contributed by atoms with Crippen LogP contribution in [0.1, 0.15) is 50.0 Å². The van der Waals surface area contributed by atoms with Crippen LogP contribution in [0.25, 0.3) is 0 Å². The van der Waals surface area contributed by atoms with Crippen LogP contribution in [0, 0.1) is 6.92 Å². The molecule has 0 radical (unpaired) electrons. The summed E-state index contributed by atoms with van der Waals surface area (Å²) in [6, 6.07) is 2.03. The molecule has 0 atom stereocenters. The first-order valence-corrected chi connectivity index (χ1v) is 5.89. The molecule has 82 valence electrons. The van der Waals surface area contributed by atoms with E-state index in [9.17, 15) is 0 Å². The molecule has 0 aliphatic heterocycles. The fraction of sp³-hybridized carbons (Fsp3) is 0.667. The van der Waals surface area contributed by atoms with Gasteiger partial charge >= 0.3 is 0 Å². The van der Waals surface area contributed by atoms with Crippen LogP contribution in [-0.4, -0.2) is 16.5 Å². The molecule has 0 spiro atoms. The minimum atomic E-state index is 0.618. The number of nitrogens with zero attached hydrogens (tertiary/aromatic N) is 2. The van der Waals surface area contributed by atoms with Gasteiger partial charge in [-0.15, -0.1) is 0 Å². The molecule has 15 heavy (non-hydrogen) atoms. The minimum absolute atomic E-state index is 0.618. The Kier molecular flexibility index (Phi) is 3.19. The van der Waals surface area contributed by atoms with Crippen molar-refractivity contribution in [2.45, 2.75) is 45.4 Å². The fourth-order valence-corrected chi connectivity index (χ4v) is 1.78. The normalized spacial score (nSPS) is 16.1. The van der Waals surface area contributed by atoms with Crippen molar-refractivity contribution < 1.29 is 0 Å². The summed E-state index contributed by atoms with van der Waals surface area (Å²) < 4.78 is 0. The van der Waals surface area contributed by atoms with Gasteiger partial charge in [-0.25, -0.2) is 9.97 Å². The maximum absolute atomic E-state index is 4.57. The maximum atomic E-state index is 4.57. The number of rotatable bonds is 4. The highest BCUT2D eigenvalue weighted by atomic mass is 15.0. The smallest absolute Gasteiger partial charge is 0.134 e. The van der Waals surface area contributed by atoms with E-state index in [1.165, 1.54) is 19.3 Å². The Bertz CT molecular complexity index is 332. The Morgan fingerprint density at radius 1 is 1.40 bits per heavy atom. The molecule has 0 saturated heterocycles. The van der Waals surface area contributed by atoms with Gasteiger partial charge in [0, 0.05) is 24.2 Å².